The van der Waals surface area contributed by atoms with Gasteiger partial charge in [-0.1, -0.05) is 55.5 Å². The molecule has 0 bridgehead atoms. The number of amides is 1. The summed E-state index contributed by atoms with van der Waals surface area (Å²) in [5, 5.41) is 3.05. The number of hydrogen-bond acceptors (Lipinski definition) is 2. The van der Waals surface area contributed by atoms with E-state index in [0.717, 1.165) is 19.4 Å². The summed E-state index contributed by atoms with van der Waals surface area (Å²) in [4.78, 5) is 14.3. The van der Waals surface area contributed by atoms with Crippen molar-refractivity contribution < 1.29 is 4.79 Å². The zero-order valence-electron chi connectivity index (χ0n) is 15.0. The first kappa shape index (κ1) is 18.2. The van der Waals surface area contributed by atoms with Crippen LogP contribution in [0.15, 0.2) is 48.5 Å². The number of nitrogens with zero attached hydrogens (tertiary/aromatic N) is 1. The number of benzene rings is 2. The second-order valence-corrected chi connectivity index (χ2v) is 6.45. The molecule has 0 radical (unpaired) electrons. The Kier molecular flexibility index (Phi) is 7.01. The number of carbonyl (C=O) groups excluding carboxylic acids is 1. The molecule has 1 N–H and O–H groups in total. The fourth-order valence-electron chi connectivity index (χ4n) is 2.71. The van der Waals surface area contributed by atoms with Crippen molar-refractivity contribution in [3.63, 3.8) is 0 Å². The topological polar surface area (TPSA) is 32.3 Å². The van der Waals surface area contributed by atoms with E-state index in [1.807, 2.05) is 12.1 Å². The lowest BCUT2D eigenvalue weighted by Crippen LogP contribution is -2.24. The molecule has 0 aliphatic heterocycles. The maximum absolute atomic E-state index is 12.1. The fraction of sp³-hybridized carbons (Fsp3) is 0.381. The summed E-state index contributed by atoms with van der Waals surface area (Å²) in [6, 6.07) is 16.8. The van der Waals surface area contributed by atoms with Crippen LogP contribution in [0.1, 0.15) is 35.6 Å². The summed E-state index contributed by atoms with van der Waals surface area (Å²) in [5.74, 6) is 0.106. The highest BCUT2D eigenvalue weighted by Crippen LogP contribution is 2.11. The number of hydrogen-bond donors (Lipinski definition) is 1. The van der Waals surface area contributed by atoms with Crippen molar-refractivity contribution in [2.24, 2.45) is 0 Å². The first-order valence-corrected chi connectivity index (χ1v) is 8.64. The van der Waals surface area contributed by atoms with E-state index in [1.165, 1.54) is 22.3 Å². The minimum absolute atomic E-state index is 0.106. The van der Waals surface area contributed by atoms with Crippen molar-refractivity contribution in [1.82, 2.24) is 10.2 Å². The van der Waals surface area contributed by atoms with Gasteiger partial charge in [-0.2, -0.15) is 0 Å². The molecule has 0 heterocycles. The summed E-state index contributed by atoms with van der Waals surface area (Å²) < 4.78 is 0. The van der Waals surface area contributed by atoms with E-state index in [-0.39, 0.29) is 5.91 Å². The van der Waals surface area contributed by atoms with Crippen LogP contribution in [0.4, 0.5) is 0 Å². The van der Waals surface area contributed by atoms with Gasteiger partial charge in [-0.3, -0.25) is 4.79 Å². The number of aryl methyl sites for hydroxylation is 2. The number of rotatable bonds is 8. The van der Waals surface area contributed by atoms with Gasteiger partial charge in [-0.15, -0.1) is 0 Å². The molecule has 128 valence electrons. The maximum Gasteiger partial charge on any atom is 0.220 e. The van der Waals surface area contributed by atoms with Gasteiger partial charge in [0.05, 0.1) is 0 Å². The van der Waals surface area contributed by atoms with Gasteiger partial charge >= 0.3 is 0 Å². The van der Waals surface area contributed by atoms with Gasteiger partial charge in [0, 0.05) is 19.5 Å². The largest absolute Gasteiger partial charge is 0.352 e. The number of nitrogens with one attached hydrogen (secondary N) is 1. The average molecular weight is 324 g/mol. The maximum atomic E-state index is 12.1. The van der Waals surface area contributed by atoms with E-state index in [9.17, 15) is 4.79 Å². The van der Waals surface area contributed by atoms with Crippen molar-refractivity contribution in [3.05, 3.63) is 70.8 Å². The van der Waals surface area contributed by atoms with Gasteiger partial charge < -0.3 is 10.2 Å². The van der Waals surface area contributed by atoms with Gasteiger partial charge in [-0.25, -0.2) is 0 Å². The first-order valence-electron chi connectivity index (χ1n) is 8.64. The molecule has 3 heteroatoms. The van der Waals surface area contributed by atoms with Crippen LogP contribution in [0, 0.1) is 0 Å². The van der Waals surface area contributed by atoms with Gasteiger partial charge in [0.2, 0.25) is 5.91 Å². The van der Waals surface area contributed by atoms with Crippen LogP contribution in [0.25, 0.3) is 0 Å². The molecule has 0 saturated carbocycles. The molecule has 0 aromatic heterocycles. The second kappa shape index (κ2) is 9.24. The van der Waals surface area contributed by atoms with Crippen molar-refractivity contribution in [2.45, 2.75) is 39.3 Å². The molecule has 0 aliphatic rings. The Morgan fingerprint density at radius 2 is 1.58 bits per heavy atom. The zero-order valence-corrected chi connectivity index (χ0v) is 15.0. The smallest absolute Gasteiger partial charge is 0.220 e. The molecular weight excluding hydrogens is 296 g/mol. The summed E-state index contributed by atoms with van der Waals surface area (Å²) in [5.41, 5.74) is 5.00. The van der Waals surface area contributed by atoms with Crippen LogP contribution < -0.4 is 5.32 Å². The summed E-state index contributed by atoms with van der Waals surface area (Å²) in [7, 11) is 4.11. The average Bonchev–Trinajstić information content (AvgIpc) is 2.59. The van der Waals surface area contributed by atoms with E-state index < -0.39 is 0 Å². The zero-order chi connectivity index (χ0) is 17.4. The molecule has 0 spiro atoms. The summed E-state index contributed by atoms with van der Waals surface area (Å²) >= 11 is 0. The Hall–Kier alpha value is -2.13. The lowest BCUT2D eigenvalue weighted by atomic mass is 10.1. The van der Waals surface area contributed by atoms with E-state index in [4.69, 9.17) is 0 Å². The Morgan fingerprint density at radius 3 is 2.21 bits per heavy atom. The highest BCUT2D eigenvalue weighted by Gasteiger charge is 2.06. The minimum Gasteiger partial charge on any atom is -0.352 e. The molecule has 24 heavy (non-hydrogen) atoms. The van der Waals surface area contributed by atoms with E-state index >= 15 is 0 Å². The summed E-state index contributed by atoms with van der Waals surface area (Å²) in [6.45, 7) is 3.63. The van der Waals surface area contributed by atoms with Crippen molar-refractivity contribution >= 4 is 5.91 Å². The van der Waals surface area contributed by atoms with Crippen LogP contribution in [-0.4, -0.2) is 24.9 Å². The monoisotopic (exact) mass is 324 g/mol. The van der Waals surface area contributed by atoms with Crippen molar-refractivity contribution in [3.8, 4) is 0 Å². The highest BCUT2D eigenvalue weighted by molar-refractivity contribution is 5.76. The first-order chi connectivity index (χ1) is 11.6. The highest BCUT2D eigenvalue weighted by atomic mass is 16.1. The van der Waals surface area contributed by atoms with Gasteiger partial charge in [0.25, 0.3) is 0 Å². The lowest BCUT2D eigenvalue weighted by molar-refractivity contribution is -0.121. The third-order valence-electron chi connectivity index (χ3n) is 4.15. The SMILES string of the molecule is CCc1ccc(CCC(=O)NCc2ccccc2CN(C)C)cc1. The van der Waals surface area contributed by atoms with E-state index in [0.29, 0.717) is 13.0 Å². The predicted octanol–water partition coefficient (Wildman–Crippen LogP) is 3.56. The van der Waals surface area contributed by atoms with Crippen molar-refractivity contribution in [2.75, 3.05) is 14.1 Å². The molecule has 0 aliphatic carbocycles. The van der Waals surface area contributed by atoms with Crippen LogP contribution in [0.2, 0.25) is 0 Å². The molecule has 0 saturated heterocycles. The van der Waals surface area contributed by atoms with Gasteiger partial charge in [-0.05, 0) is 49.2 Å². The van der Waals surface area contributed by atoms with Gasteiger partial charge in [0.1, 0.15) is 0 Å². The molecule has 2 rings (SSSR count). The number of carbonyl (C=O) groups is 1. The Labute approximate surface area is 145 Å². The molecule has 3 nitrogen and oxygen atoms in total. The molecule has 2 aromatic rings. The summed E-state index contributed by atoms with van der Waals surface area (Å²) in [6.07, 6.45) is 2.36. The quantitative estimate of drug-likeness (QED) is 0.805. The normalized spacial score (nSPS) is 10.8. The molecule has 0 atom stereocenters. The second-order valence-electron chi connectivity index (χ2n) is 6.45. The lowest BCUT2D eigenvalue weighted by Gasteiger charge is -2.14. The Balaban J connectivity index is 1.82. The van der Waals surface area contributed by atoms with Crippen LogP contribution in [0.5, 0.6) is 0 Å². The van der Waals surface area contributed by atoms with Crippen molar-refractivity contribution in [1.29, 1.82) is 0 Å². The minimum atomic E-state index is 0.106. The molecule has 0 fully saturated rings. The fourth-order valence-corrected chi connectivity index (χ4v) is 2.71. The van der Waals surface area contributed by atoms with Crippen LogP contribution >= 0.6 is 0 Å². The van der Waals surface area contributed by atoms with E-state index in [2.05, 4.69) is 67.6 Å². The molecule has 2 aromatic carbocycles. The third kappa shape index (κ3) is 5.82. The van der Waals surface area contributed by atoms with Crippen LogP contribution in [-0.2, 0) is 30.7 Å². The Bertz CT molecular complexity index is 647. The third-order valence-corrected chi connectivity index (χ3v) is 4.15. The predicted molar refractivity (Wildman–Crippen MR) is 99.8 cm³/mol. The van der Waals surface area contributed by atoms with E-state index in [1.54, 1.807) is 0 Å². The molecule has 1 amide bonds. The van der Waals surface area contributed by atoms with Crippen LogP contribution in [0.3, 0.4) is 0 Å². The molecular formula is C21H28N2O. The standard InChI is InChI=1S/C21H28N2O/c1-4-17-9-11-18(12-10-17)13-14-21(24)22-15-19-7-5-6-8-20(19)16-23(2)3/h5-12H,4,13-16H2,1-3H3,(H,22,24). The Morgan fingerprint density at radius 1 is 0.958 bits per heavy atom. The molecule has 0 unspecified atom stereocenters. The van der Waals surface area contributed by atoms with Gasteiger partial charge in [0.15, 0.2) is 0 Å².